The van der Waals surface area contributed by atoms with Crippen molar-refractivity contribution in [3.05, 3.63) is 34.3 Å². The normalized spacial score (nSPS) is 11.8. The lowest BCUT2D eigenvalue weighted by atomic mass is 9.76. The average molecular weight is 298 g/mol. The number of hydrogen-bond donors (Lipinski definition) is 1. The third-order valence-corrected chi connectivity index (χ3v) is 4.38. The number of halogens is 1. The third kappa shape index (κ3) is 3.56. The quantitative estimate of drug-likeness (QED) is 0.730. The summed E-state index contributed by atoms with van der Waals surface area (Å²) in [4.78, 5) is 0. The van der Waals surface area contributed by atoms with Gasteiger partial charge in [0.25, 0.3) is 0 Å². The lowest BCUT2D eigenvalue weighted by Gasteiger charge is -2.33. The Morgan fingerprint density at radius 2 is 1.76 bits per heavy atom. The second-order valence-corrected chi connectivity index (χ2v) is 5.50. The molecule has 0 aliphatic heterocycles. The lowest BCUT2D eigenvalue weighted by molar-refractivity contribution is 0.367. The molecule has 1 aromatic rings. The zero-order valence-electron chi connectivity index (χ0n) is 11.2. The van der Waals surface area contributed by atoms with Crippen LogP contribution in [0.4, 0.5) is 0 Å². The van der Waals surface area contributed by atoms with Crippen LogP contribution in [0.25, 0.3) is 0 Å². The van der Waals surface area contributed by atoms with E-state index in [1.54, 1.807) is 0 Å². The summed E-state index contributed by atoms with van der Waals surface area (Å²) in [5.41, 5.74) is 1.70. The van der Waals surface area contributed by atoms with Crippen molar-refractivity contribution >= 4 is 15.9 Å². The Morgan fingerprint density at radius 3 is 2.29 bits per heavy atom. The molecule has 0 radical (unpaired) electrons. The first-order valence-corrected chi connectivity index (χ1v) is 7.45. The molecule has 0 saturated carbocycles. The van der Waals surface area contributed by atoms with Crippen LogP contribution in [0, 0.1) is 0 Å². The molecule has 0 saturated heterocycles. The summed E-state index contributed by atoms with van der Waals surface area (Å²) < 4.78 is 1.24. The molecular weight excluding hydrogens is 274 g/mol. The predicted molar refractivity (Wildman–Crippen MR) is 79.6 cm³/mol. The van der Waals surface area contributed by atoms with Gasteiger partial charge >= 0.3 is 0 Å². The van der Waals surface area contributed by atoms with E-state index in [0.29, 0.717) is 0 Å². The molecule has 1 aromatic carbocycles. The van der Waals surface area contributed by atoms with E-state index in [2.05, 4.69) is 66.3 Å². The fourth-order valence-corrected chi connectivity index (χ4v) is 3.08. The molecule has 0 aliphatic carbocycles. The first kappa shape index (κ1) is 14.7. The van der Waals surface area contributed by atoms with Crippen molar-refractivity contribution in [2.24, 2.45) is 0 Å². The molecule has 1 N–H and O–H groups in total. The van der Waals surface area contributed by atoms with Crippen LogP contribution in [-0.4, -0.2) is 13.1 Å². The van der Waals surface area contributed by atoms with E-state index in [1.807, 2.05) is 0 Å². The third-order valence-electron chi connectivity index (χ3n) is 3.69. The fraction of sp³-hybridized carbons (Fsp3) is 0.600. The summed E-state index contributed by atoms with van der Waals surface area (Å²) >= 11 is 3.69. The smallest absolute Gasteiger partial charge is 0.0213 e. The van der Waals surface area contributed by atoms with Crippen LogP contribution in [-0.2, 0) is 5.41 Å². The van der Waals surface area contributed by atoms with Gasteiger partial charge in [-0.2, -0.15) is 0 Å². The lowest BCUT2D eigenvalue weighted by Crippen LogP contribution is -2.38. The molecule has 0 aromatic heterocycles. The van der Waals surface area contributed by atoms with Crippen LogP contribution >= 0.6 is 15.9 Å². The van der Waals surface area contributed by atoms with Crippen molar-refractivity contribution in [3.8, 4) is 0 Å². The van der Waals surface area contributed by atoms with Gasteiger partial charge in [-0.3, -0.25) is 0 Å². The molecule has 0 heterocycles. The average Bonchev–Trinajstić information content (AvgIpc) is 2.36. The zero-order valence-corrected chi connectivity index (χ0v) is 12.8. The van der Waals surface area contributed by atoms with E-state index >= 15 is 0 Å². The molecule has 0 amide bonds. The Morgan fingerprint density at radius 1 is 1.12 bits per heavy atom. The number of hydrogen-bond acceptors (Lipinski definition) is 1. The van der Waals surface area contributed by atoms with E-state index in [9.17, 15) is 0 Å². The van der Waals surface area contributed by atoms with E-state index < -0.39 is 0 Å². The molecule has 96 valence electrons. The monoisotopic (exact) mass is 297 g/mol. The van der Waals surface area contributed by atoms with E-state index in [1.165, 1.54) is 29.3 Å². The summed E-state index contributed by atoms with van der Waals surface area (Å²) in [6.07, 6.45) is 3.53. The van der Waals surface area contributed by atoms with Gasteiger partial charge in [-0.05, 0) is 37.4 Å². The SMILES string of the molecule is CCCNCC(CC)(CC)c1ccccc1Br. The topological polar surface area (TPSA) is 12.0 Å². The number of benzene rings is 1. The van der Waals surface area contributed by atoms with Crippen LogP contribution in [0.1, 0.15) is 45.6 Å². The van der Waals surface area contributed by atoms with Gasteiger partial charge in [-0.25, -0.2) is 0 Å². The van der Waals surface area contributed by atoms with E-state index in [0.717, 1.165) is 13.1 Å². The van der Waals surface area contributed by atoms with Crippen LogP contribution in [0.15, 0.2) is 28.7 Å². The number of rotatable bonds is 7. The number of nitrogens with one attached hydrogen (secondary N) is 1. The largest absolute Gasteiger partial charge is 0.316 e. The molecule has 17 heavy (non-hydrogen) atoms. The maximum absolute atomic E-state index is 3.69. The van der Waals surface area contributed by atoms with Crippen LogP contribution < -0.4 is 5.32 Å². The summed E-state index contributed by atoms with van der Waals surface area (Å²) in [7, 11) is 0. The minimum Gasteiger partial charge on any atom is -0.316 e. The fourth-order valence-electron chi connectivity index (χ4n) is 2.37. The molecular formula is C15H24BrN. The molecule has 1 nitrogen and oxygen atoms in total. The summed E-state index contributed by atoms with van der Waals surface area (Å²) in [6.45, 7) is 8.96. The molecule has 2 heteroatoms. The maximum atomic E-state index is 3.69. The second kappa shape index (κ2) is 7.17. The molecule has 0 fully saturated rings. The van der Waals surface area contributed by atoms with Crippen molar-refractivity contribution in [1.29, 1.82) is 0 Å². The summed E-state index contributed by atoms with van der Waals surface area (Å²) in [6, 6.07) is 8.63. The van der Waals surface area contributed by atoms with Gasteiger partial charge in [-0.1, -0.05) is 54.9 Å². The first-order valence-electron chi connectivity index (χ1n) is 6.66. The molecule has 0 atom stereocenters. The van der Waals surface area contributed by atoms with Gasteiger partial charge in [0.2, 0.25) is 0 Å². The molecule has 0 aliphatic rings. The van der Waals surface area contributed by atoms with Crippen LogP contribution in [0.3, 0.4) is 0 Å². The minimum atomic E-state index is 0.259. The van der Waals surface area contributed by atoms with Gasteiger partial charge in [0, 0.05) is 16.4 Å². The van der Waals surface area contributed by atoms with Crippen molar-refractivity contribution in [3.63, 3.8) is 0 Å². The highest BCUT2D eigenvalue weighted by molar-refractivity contribution is 9.10. The maximum Gasteiger partial charge on any atom is 0.0213 e. The van der Waals surface area contributed by atoms with Gasteiger partial charge in [0.1, 0.15) is 0 Å². The standard InChI is InChI=1S/C15H24BrN/c1-4-11-17-12-15(5-2,6-3)13-9-7-8-10-14(13)16/h7-10,17H,4-6,11-12H2,1-3H3. The Hall–Kier alpha value is -0.340. The van der Waals surface area contributed by atoms with E-state index in [4.69, 9.17) is 0 Å². The predicted octanol–water partition coefficient (Wildman–Crippen LogP) is 4.51. The van der Waals surface area contributed by atoms with Crippen LogP contribution in [0.2, 0.25) is 0 Å². The van der Waals surface area contributed by atoms with Crippen molar-refractivity contribution in [2.75, 3.05) is 13.1 Å². The van der Waals surface area contributed by atoms with Gasteiger partial charge in [-0.15, -0.1) is 0 Å². The summed E-state index contributed by atoms with van der Waals surface area (Å²) in [5, 5.41) is 3.58. The highest BCUT2D eigenvalue weighted by Crippen LogP contribution is 2.35. The Bertz CT molecular complexity index is 331. The Kier molecular flexibility index (Phi) is 6.21. The Balaban J connectivity index is 2.94. The zero-order chi connectivity index (χ0) is 12.7. The molecule has 0 spiro atoms. The van der Waals surface area contributed by atoms with Gasteiger partial charge in [0.05, 0.1) is 0 Å². The van der Waals surface area contributed by atoms with Crippen LogP contribution in [0.5, 0.6) is 0 Å². The van der Waals surface area contributed by atoms with Crippen molar-refractivity contribution in [2.45, 2.75) is 45.4 Å². The second-order valence-electron chi connectivity index (χ2n) is 4.64. The summed E-state index contributed by atoms with van der Waals surface area (Å²) in [5.74, 6) is 0. The highest BCUT2D eigenvalue weighted by atomic mass is 79.9. The van der Waals surface area contributed by atoms with Crippen molar-refractivity contribution in [1.82, 2.24) is 5.32 Å². The van der Waals surface area contributed by atoms with Gasteiger partial charge in [0.15, 0.2) is 0 Å². The highest BCUT2D eigenvalue weighted by Gasteiger charge is 2.29. The first-order chi connectivity index (χ1) is 8.20. The molecule has 0 unspecified atom stereocenters. The van der Waals surface area contributed by atoms with E-state index in [-0.39, 0.29) is 5.41 Å². The molecule has 0 bridgehead atoms. The van der Waals surface area contributed by atoms with Gasteiger partial charge < -0.3 is 5.32 Å². The minimum absolute atomic E-state index is 0.259. The molecule has 1 rings (SSSR count). The van der Waals surface area contributed by atoms with Crippen molar-refractivity contribution < 1.29 is 0 Å². The Labute approximate surface area is 114 Å².